The zero-order valence-electron chi connectivity index (χ0n) is 5.06. The first-order valence-corrected chi connectivity index (χ1v) is 3.78. The van der Waals surface area contributed by atoms with E-state index in [9.17, 15) is 18.2 Å². The van der Waals surface area contributed by atoms with Crippen molar-refractivity contribution < 1.29 is 22.9 Å². The summed E-state index contributed by atoms with van der Waals surface area (Å²) in [5.41, 5.74) is -0.916. The third kappa shape index (κ3) is 3.51. The molecule has 0 N–H and O–H groups in total. The number of carbonyl (C=O) groups is 2. The van der Waals surface area contributed by atoms with Crippen LogP contribution in [-0.2, 0) is 14.2 Å². The summed E-state index contributed by atoms with van der Waals surface area (Å²) in [6.07, 6.45) is 0. The first-order valence-electron chi connectivity index (χ1n) is 2.28. The summed E-state index contributed by atoms with van der Waals surface area (Å²) in [4.78, 5) is 20.4. The summed E-state index contributed by atoms with van der Waals surface area (Å²) in [6.45, 7) is 1.41. The van der Waals surface area contributed by atoms with Crippen molar-refractivity contribution in [3.05, 3.63) is 0 Å². The fourth-order valence-electron chi connectivity index (χ4n) is 0.236. The van der Waals surface area contributed by atoms with Crippen molar-refractivity contribution in [3.8, 4) is 0 Å². The average Bonchev–Trinajstić information content (AvgIpc) is 1.85. The van der Waals surface area contributed by atoms with Crippen LogP contribution in [0.4, 0.5) is 8.63 Å². The van der Waals surface area contributed by atoms with Gasteiger partial charge in [-0.25, -0.2) is 13.4 Å². The molecule has 0 heterocycles. The van der Waals surface area contributed by atoms with Gasteiger partial charge in [0.05, 0.1) is 0 Å². The van der Waals surface area contributed by atoms with Crippen LogP contribution in [0.25, 0.3) is 0 Å². The third-order valence-electron chi connectivity index (χ3n) is 0.609. The lowest BCUT2D eigenvalue weighted by Crippen LogP contribution is -2.18. The van der Waals surface area contributed by atoms with Gasteiger partial charge in [-0.3, -0.25) is 4.79 Å². The van der Waals surface area contributed by atoms with E-state index < -0.39 is 19.0 Å². The molecule has 0 aromatic carbocycles. The van der Waals surface area contributed by atoms with Crippen LogP contribution in [0.5, 0.6) is 0 Å². The third-order valence-corrected chi connectivity index (χ3v) is 1.27. The molecule has 3 nitrogen and oxygen atoms in total. The molecule has 10 heavy (non-hydrogen) atoms. The van der Waals surface area contributed by atoms with Gasteiger partial charge in [-0.1, -0.05) is 0 Å². The summed E-state index contributed by atoms with van der Waals surface area (Å²) >= 11 is 0. The SMILES string of the molecule is CPC(=O)C(=O)OB(F)F. The van der Waals surface area contributed by atoms with E-state index in [2.05, 4.69) is 4.65 Å². The van der Waals surface area contributed by atoms with Gasteiger partial charge in [-0.15, -0.1) is 0 Å². The zero-order chi connectivity index (χ0) is 8.15. The Morgan fingerprint density at radius 3 is 2.30 bits per heavy atom. The van der Waals surface area contributed by atoms with Crippen LogP contribution in [0, 0.1) is 0 Å². The predicted molar refractivity (Wildman–Crippen MR) is 33.3 cm³/mol. The highest BCUT2D eigenvalue weighted by atomic mass is 31.1. The molecule has 7 heteroatoms. The van der Waals surface area contributed by atoms with Gasteiger partial charge in [-0.2, -0.15) is 0 Å². The largest absolute Gasteiger partial charge is 0.798 e. The van der Waals surface area contributed by atoms with E-state index in [1.165, 1.54) is 6.66 Å². The number of rotatable bonds is 3. The molecule has 0 radical (unpaired) electrons. The van der Waals surface area contributed by atoms with Gasteiger partial charge in [0, 0.05) is 0 Å². The summed E-state index contributed by atoms with van der Waals surface area (Å²) in [5.74, 6) is -1.46. The molecule has 0 fully saturated rings. The Balaban J connectivity index is 3.74. The minimum absolute atomic E-state index is 0.335. The maximum absolute atomic E-state index is 11.2. The Labute approximate surface area is 58.1 Å². The van der Waals surface area contributed by atoms with E-state index in [0.717, 1.165) is 0 Å². The molecule has 0 aliphatic carbocycles. The zero-order valence-corrected chi connectivity index (χ0v) is 6.06. The van der Waals surface area contributed by atoms with Crippen LogP contribution in [0.15, 0.2) is 0 Å². The summed E-state index contributed by atoms with van der Waals surface area (Å²) < 4.78 is 25.7. The molecule has 0 aliphatic heterocycles. The summed E-state index contributed by atoms with van der Waals surface area (Å²) in [7, 11) is -3.54. The summed E-state index contributed by atoms with van der Waals surface area (Å²) in [6, 6.07) is 0. The second-order valence-electron chi connectivity index (χ2n) is 1.25. The van der Waals surface area contributed by atoms with E-state index in [-0.39, 0.29) is 8.58 Å². The maximum atomic E-state index is 11.2. The minimum Gasteiger partial charge on any atom is -0.472 e. The molecule has 56 valence electrons. The lowest BCUT2D eigenvalue weighted by Gasteiger charge is -1.95. The normalized spacial score (nSPS) is 9.90. The number of carbonyl (C=O) groups excluding carboxylic acids is 2. The molecule has 0 aliphatic rings. The molecule has 0 amide bonds. The van der Waals surface area contributed by atoms with Crippen molar-refractivity contribution in [2.24, 2.45) is 0 Å². The van der Waals surface area contributed by atoms with Crippen molar-refractivity contribution in [3.63, 3.8) is 0 Å². The molecule has 0 bridgehead atoms. The van der Waals surface area contributed by atoms with Crippen LogP contribution in [0.1, 0.15) is 0 Å². The first-order chi connectivity index (χ1) is 4.57. The monoisotopic (exact) mass is 168 g/mol. The van der Waals surface area contributed by atoms with Gasteiger partial charge in [0.15, 0.2) is 0 Å². The Hall–Kier alpha value is -0.505. The van der Waals surface area contributed by atoms with Crippen LogP contribution in [0.2, 0.25) is 0 Å². The lowest BCUT2D eigenvalue weighted by molar-refractivity contribution is -0.144. The Morgan fingerprint density at radius 2 is 2.00 bits per heavy atom. The van der Waals surface area contributed by atoms with Gasteiger partial charge < -0.3 is 4.65 Å². The highest BCUT2D eigenvalue weighted by Crippen LogP contribution is 2.05. The van der Waals surface area contributed by atoms with Crippen molar-refractivity contribution in [2.45, 2.75) is 0 Å². The van der Waals surface area contributed by atoms with E-state index >= 15 is 0 Å². The van der Waals surface area contributed by atoms with Crippen molar-refractivity contribution in [1.29, 1.82) is 0 Å². The van der Waals surface area contributed by atoms with Gasteiger partial charge in [0.2, 0.25) is 0 Å². The van der Waals surface area contributed by atoms with Gasteiger partial charge in [0.1, 0.15) is 0 Å². The van der Waals surface area contributed by atoms with Crippen LogP contribution in [0.3, 0.4) is 0 Å². The smallest absolute Gasteiger partial charge is 0.472 e. The molecule has 0 spiro atoms. The van der Waals surface area contributed by atoms with Crippen LogP contribution in [-0.4, -0.2) is 25.6 Å². The topological polar surface area (TPSA) is 43.4 Å². The second-order valence-corrected chi connectivity index (χ2v) is 2.20. The van der Waals surface area contributed by atoms with Crippen molar-refractivity contribution in [2.75, 3.05) is 6.66 Å². The summed E-state index contributed by atoms with van der Waals surface area (Å²) in [5, 5.41) is 0. The predicted octanol–water partition coefficient (Wildman–Crippen LogP) is 0.288. The van der Waals surface area contributed by atoms with Gasteiger partial charge >= 0.3 is 13.4 Å². The molecule has 1 unspecified atom stereocenters. The van der Waals surface area contributed by atoms with E-state index in [1.54, 1.807) is 0 Å². The molecule has 0 aromatic rings. The van der Waals surface area contributed by atoms with E-state index in [1.807, 2.05) is 0 Å². The number of hydrogen-bond donors (Lipinski definition) is 0. The lowest BCUT2D eigenvalue weighted by atomic mass is 10.4. The second kappa shape index (κ2) is 4.33. The number of halogens is 2. The van der Waals surface area contributed by atoms with Crippen molar-refractivity contribution in [1.82, 2.24) is 0 Å². The minimum atomic E-state index is -3.20. The maximum Gasteiger partial charge on any atom is 0.798 e. The fourth-order valence-corrected chi connectivity index (χ4v) is 0.500. The van der Waals surface area contributed by atoms with E-state index in [4.69, 9.17) is 0 Å². The van der Waals surface area contributed by atoms with Crippen LogP contribution >= 0.6 is 8.58 Å². The Morgan fingerprint density at radius 1 is 1.50 bits per heavy atom. The van der Waals surface area contributed by atoms with E-state index in [0.29, 0.717) is 0 Å². The molecule has 0 saturated carbocycles. The van der Waals surface area contributed by atoms with Gasteiger partial charge in [-0.05, 0) is 15.2 Å². The fraction of sp³-hybridized carbons (Fsp3) is 0.333. The van der Waals surface area contributed by atoms with Crippen LogP contribution < -0.4 is 0 Å². The molecule has 0 saturated heterocycles. The Kier molecular flexibility index (Phi) is 4.11. The van der Waals surface area contributed by atoms with Gasteiger partial charge in [0.25, 0.3) is 5.52 Å². The van der Waals surface area contributed by atoms with Crippen molar-refractivity contribution >= 4 is 27.5 Å². The first kappa shape index (κ1) is 9.49. The molecular formula is C3H4BF2O3P. The standard InChI is InChI=1S/C3H4BF2O3P/c1-10-3(8)2(7)9-4(5)6/h10H,1H3. The molecule has 0 aromatic heterocycles. The molecular weight excluding hydrogens is 164 g/mol. The highest BCUT2D eigenvalue weighted by molar-refractivity contribution is 7.60. The quantitative estimate of drug-likeness (QED) is 0.345. The average molecular weight is 168 g/mol. The Bertz CT molecular complexity index is 151. The molecule has 0 rings (SSSR count). The molecule has 1 atom stereocenters. The highest BCUT2D eigenvalue weighted by Gasteiger charge is 2.25. The number of hydrogen-bond acceptors (Lipinski definition) is 3.